The number of methoxy groups -OCH3 is 1. The second-order valence-corrected chi connectivity index (χ2v) is 8.89. The molecule has 0 aromatic heterocycles. The van der Waals surface area contributed by atoms with Gasteiger partial charge in [0.15, 0.2) is 11.5 Å². The Kier molecular flexibility index (Phi) is 6.99. The summed E-state index contributed by atoms with van der Waals surface area (Å²) in [6.07, 6.45) is 1.06. The summed E-state index contributed by atoms with van der Waals surface area (Å²) in [5.74, 6) is -0.788. The molecule has 1 aliphatic heterocycles. The van der Waals surface area contributed by atoms with Gasteiger partial charge in [-0.15, -0.1) is 12.4 Å². The van der Waals surface area contributed by atoms with Crippen molar-refractivity contribution in [3.8, 4) is 11.5 Å². The number of rotatable bonds is 7. The van der Waals surface area contributed by atoms with E-state index in [1.165, 1.54) is 19.2 Å². The van der Waals surface area contributed by atoms with Crippen LogP contribution >= 0.6 is 12.4 Å². The highest BCUT2D eigenvalue weighted by molar-refractivity contribution is 7.90. The van der Waals surface area contributed by atoms with Crippen molar-refractivity contribution in [2.45, 2.75) is 13.0 Å². The van der Waals surface area contributed by atoms with Gasteiger partial charge in [0.25, 0.3) is 11.8 Å². The fourth-order valence-corrected chi connectivity index (χ4v) is 4.30. The third-order valence-corrected chi connectivity index (χ3v) is 5.54. The molecule has 162 valence electrons. The number of sulfone groups is 1. The summed E-state index contributed by atoms with van der Waals surface area (Å²) >= 11 is 0. The normalized spacial score (nSPS) is 14.2. The molecule has 0 fully saturated rings. The fourth-order valence-electron chi connectivity index (χ4n) is 3.39. The molecule has 2 aromatic carbocycles. The van der Waals surface area contributed by atoms with Crippen molar-refractivity contribution in [1.29, 1.82) is 0 Å². The second-order valence-electron chi connectivity index (χ2n) is 6.70. The molecule has 1 aliphatic rings. The topological polar surface area (TPSA) is 116 Å². The number of nitrogens with zero attached hydrogens (tertiary/aromatic N) is 1. The Balaban J connectivity index is 0.00000320. The van der Waals surface area contributed by atoms with E-state index in [0.717, 1.165) is 11.2 Å². The number of fused-ring (bicyclic) bond motifs is 1. The maximum absolute atomic E-state index is 13.0. The highest BCUT2D eigenvalue weighted by atomic mass is 35.5. The van der Waals surface area contributed by atoms with Crippen LogP contribution in [0.4, 0.5) is 5.69 Å². The second kappa shape index (κ2) is 8.93. The van der Waals surface area contributed by atoms with Crippen LogP contribution in [-0.2, 0) is 9.84 Å². The lowest BCUT2D eigenvalue weighted by atomic mass is 10.1. The molecule has 2 aromatic rings. The average molecular weight is 455 g/mol. The summed E-state index contributed by atoms with van der Waals surface area (Å²) in [7, 11) is -2.06. The Bertz CT molecular complexity index is 1090. The van der Waals surface area contributed by atoms with Crippen LogP contribution in [0.25, 0.3) is 0 Å². The number of halogens is 1. The van der Waals surface area contributed by atoms with E-state index in [0.29, 0.717) is 23.7 Å². The number of hydrogen-bond donors (Lipinski definition) is 1. The lowest BCUT2D eigenvalue weighted by Gasteiger charge is -2.26. The van der Waals surface area contributed by atoms with Crippen molar-refractivity contribution < 1.29 is 27.5 Å². The number of nitrogen functional groups attached to an aromatic ring is 1. The molecule has 3 rings (SSSR count). The van der Waals surface area contributed by atoms with Gasteiger partial charge in [0, 0.05) is 11.9 Å². The number of carbonyl (C=O) groups excluding carboxylic acids is 2. The third kappa shape index (κ3) is 4.36. The van der Waals surface area contributed by atoms with Crippen molar-refractivity contribution >= 4 is 39.7 Å². The van der Waals surface area contributed by atoms with Gasteiger partial charge >= 0.3 is 0 Å². The van der Waals surface area contributed by atoms with Crippen molar-refractivity contribution in [3.05, 3.63) is 53.1 Å². The molecule has 2 N–H and O–H groups in total. The summed E-state index contributed by atoms with van der Waals surface area (Å²) in [5.41, 5.74) is 6.76. The Labute approximate surface area is 181 Å². The van der Waals surface area contributed by atoms with E-state index in [2.05, 4.69) is 0 Å². The maximum Gasteiger partial charge on any atom is 0.264 e. The first-order valence-electron chi connectivity index (χ1n) is 8.92. The zero-order valence-electron chi connectivity index (χ0n) is 16.7. The predicted molar refractivity (Wildman–Crippen MR) is 115 cm³/mol. The fraction of sp³-hybridized carbons (Fsp3) is 0.300. The number of anilines is 1. The van der Waals surface area contributed by atoms with E-state index in [4.69, 9.17) is 15.2 Å². The summed E-state index contributed by atoms with van der Waals surface area (Å²) in [6.45, 7) is 2.16. The molecule has 1 heterocycles. The average Bonchev–Trinajstić information content (AvgIpc) is 2.91. The summed E-state index contributed by atoms with van der Waals surface area (Å²) in [4.78, 5) is 27.0. The molecule has 1 atom stereocenters. The van der Waals surface area contributed by atoms with E-state index in [1.807, 2.05) is 0 Å². The molecular weight excluding hydrogens is 432 g/mol. The zero-order chi connectivity index (χ0) is 21.3. The summed E-state index contributed by atoms with van der Waals surface area (Å²) in [5, 5.41) is 0. The van der Waals surface area contributed by atoms with Crippen LogP contribution in [0.1, 0.15) is 39.2 Å². The number of benzene rings is 2. The van der Waals surface area contributed by atoms with Gasteiger partial charge in [-0.25, -0.2) is 8.42 Å². The van der Waals surface area contributed by atoms with Gasteiger partial charge in [-0.1, -0.05) is 12.1 Å². The molecule has 0 aliphatic carbocycles. The van der Waals surface area contributed by atoms with Gasteiger partial charge in [-0.3, -0.25) is 14.5 Å². The quantitative estimate of drug-likeness (QED) is 0.504. The van der Waals surface area contributed by atoms with Crippen LogP contribution in [0, 0.1) is 0 Å². The zero-order valence-corrected chi connectivity index (χ0v) is 18.4. The minimum Gasteiger partial charge on any atom is -0.493 e. The molecule has 10 heteroatoms. The van der Waals surface area contributed by atoms with Gasteiger partial charge in [0.05, 0.1) is 36.6 Å². The first-order chi connectivity index (χ1) is 13.7. The van der Waals surface area contributed by atoms with Crippen molar-refractivity contribution in [3.63, 3.8) is 0 Å². The van der Waals surface area contributed by atoms with Gasteiger partial charge in [-0.05, 0) is 36.8 Å². The molecule has 0 saturated heterocycles. The van der Waals surface area contributed by atoms with Crippen LogP contribution in [-0.4, -0.2) is 50.9 Å². The Morgan fingerprint density at radius 3 is 2.37 bits per heavy atom. The first kappa shape index (κ1) is 23.5. The van der Waals surface area contributed by atoms with Gasteiger partial charge in [0.1, 0.15) is 9.84 Å². The highest BCUT2D eigenvalue weighted by Crippen LogP contribution is 2.37. The van der Waals surface area contributed by atoms with Crippen LogP contribution in [0.5, 0.6) is 11.5 Å². The number of hydrogen-bond acceptors (Lipinski definition) is 7. The standard InChI is InChI=1S/C20H22N2O6S.ClH/c1-4-28-17-10-12(8-9-16(17)27-2)15(11-29(3,25)26)22-19(23)13-6-5-7-14(21)18(13)20(22)24;/h5-10,15H,4,11,21H2,1-3H3;1H. The van der Waals surface area contributed by atoms with Crippen molar-refractivity contribution in [1.82, 2.24) is 4.90 Å². The van der Waals surface area contributed by atoms with E-state index >= 15 is 0 Å². The molecule has 0 saturated carbocycles. The van der Waals surface area contributed by atoms with Crippen LogP contribution in [0.2, 0.25) is 0 Å². The molecule has 0 radical (unpaired) electrons. The Morgan fingerprint density at radius 1 is 1.10 bits per heavy atom. The third-order valence-electron chi connectivity index (χ3n) is 4.62. The number of ether oxygens (including phenoxy) is 2. The number of imide groups is 1. The van der Waals surface area contributed by atoms with Crippen LogP contribution < -0.4 is 15.2 Å². The van der Waals surface area contributed by atoms with E-state index in [9.17, 15) is 18.0 Å². The smallest absolute Gasteiger partial charge is 0.264 e. The molecule has 8 nitrogen and oxygen atoms in total. The molecule has 0 bridgehead atoms. The predicted octanol–water partition coefficient (Wildman–Crippen LogP) is 2.48. The van der Waals surface area contributed by atoms with E-state index in [-0.39, 0.29) is 29.2 Å². The monoisotopic (exact) mass is 454 g/mol. The van der Waals surface area contributed by atoms with E-state index < -0.39 is 33.4 Å². The van der Waals surface area contributed by atoms with Crippen LogP contribution in [0.15, 0.2) is 36.4 Å². The summed E-state index contributed by atoms with van der Waals surface area (Å²) < 4.78 is 35.1. The molecule has 2 amide bonds. The minimum absolute atomic E-state index is 0. The summed E-state index contributed by atoms with van der Waals surface area (Å²) in [6, 6.07) is 8.39. The van der Waals surface area contributed by atoms with Gasteiger partial charge in [-0.2, -0.15) is 0 Å². The number of nitrogens with two attached hydrogens (primary N) is 1. The molecular formula is C20H23ClN2O6S. The largest absolute Gasteiger partial charge is 0.493 e. The van der Waals surface area contributed by atoms with E-state index in [1.54, 1.807) is 31.2 Å². The lowest BCUT2D eigenvalue weighted by molar-refractivity contribution is 0.0598. The molecule has 0 spiro atoms. The Hall–Kier alpha value is -2.78. The van der Waals surface area contributed by atoms with Gasteiger partial charge in [0.2, 0.25) is 0 Å². The number of amides is 2. The molecule has 30 heavy (non-hydrogen) atoms. The highest BCUT2D eigenvalue weighted by Gasteiger charge is 2.43. The van der Waals surface area contributed by atoms with Crippen molar-refractivity contribution in [2.24, 2.45) is 0 Å². The maximum atomic E-state index is 13.0. The Morgan fingerprint density at radius 2 is 1.80 bits per heavy atom. The minimum atomic E-state index is -3.54. The van der Waals surface area contributed by atoms with Crippen molar-refractivity contribution in [2.75, 3.05) is 31.5 Å². The lowest BCUT2D eigenvalue weighted by Crippen LogP contribution is -2.37. The SMILES string of the molecule is CCOc1cc(C(CS(C)(=O)=O)N2C(=O)c3cccc(N)c3C2=O)ccc1OC.Cl. The first-order valence-corrected chi connectivity index (χ1v) is 11.0. The van der Waals surface area contributed by atoms with Crippen LogP contribution in [0.3, 0.4) is 0 Å². The number of carbonyl (C=O) groups is 2. The van der Waals surface area contributed by atoms with Gasteiger partial charge < -0.3 is 15.2 Å². The molecule has 1 unspecified atom stereocenters.